The predicted molar refractivity (Wildman–Crippen MR) is 71.3 cm³/mol. The lowest BCUT2D eigenvalue weighted by atomic mass is 10.3. The minimum absolute atomic E-state index is 0.0431. The van der Waals surface area contributed by atoms with Gasteiger partial charge in [-0.2, -0.15) is 0 Å². The number of aliphatic hydroxyl groups excluding tert-OH is 1. The minimum Gasteiger partial charge on any atom is -0.384 e. The smallest absolute Gasteiger partial charge is 0.242 e. The summed E-state index contributed by atoms with van der Waals surface area (Å²) in [6.07, 6.45) is 0. The molecule has 2 rings (SSSR count). The van der Waals surface area contributed by atoms with Gasteiger partial charge in [0.15, 0.2) is 0 Å². The first kappa shape index (κ1) is 13.6. The third-order valence-corrected chi connectivity index (χ3v) is 3.76. The van der Waals surface area contributed by atoms with Gasteiger partial charge >= 0.3 is 0 Å². The van der Waals surface area contributed by atoms with Crippen LogP contribution in [0.5, 0.6) is 0 Å². The van der Waals surface area contributed by atoms with Crippen LogP contribution in [0.1, 0.15) is 9.75 Å². The van der Waals surface area contributed by atoms with Crippen molar-refractivity contribution in [1.29, 1.82) is 0 Å². The number of hydrogen-bond acceptors (Lipinski definition) is 4. The van der Waals surface area contributed by atoms with Crippen LogP contribution >= 0.6 is 11.3 Å². The molecule has 0 aliphatic carbocycles. The lowest BCUT2D eigenvalue weighted by Gasteiger charge is -2.31. The van der Waals surface area contributed by atoms with Crippen molar-refractivity contribution in [3.63, 3.8) is 0 Å². The van der Waals surface area contributed by atoms with Gasteiger partial charge in [0.25, 0.3) is 0 Å². The summed E-state index contributed by atoms with van der Waals surface area (Å²) in [5, 5.41) is 8.62. The Morgan fingerprint density at radius 1 is 1.32 bits per heavy atom. The van der Waals surface area contributed by atoms with Crippen LogP contribution in [0.3, 0.4) is 0 Å². The zero-order valence-corrected chi connectivity index (χ0v) is 11.4. The summed E-state index contributed by atoms with van der Waals surface area (Å²) >= 11 is 1.47. The maximum absolute atomic E-state index is 11.8. The molecule has 0 spiro atoms. The molecule has 1 aromatic heterocycles. The molecule has 0 atom stereocenters. The summed E-state index contributed by atoms with van der Waals surface area (Å²) in [4.78, 5) is 28.2. The number of aliphatic hydroxyl groups is 1. The van der Waals surface area contributed by atoms with E-state index in [0.29, 0.717) is 6.54 Å². The Labute approximate surface area is 115 Å². The molecule has 1 aliphatic heterocycles. The van der Waals surface area contributed by atoms with E-state index in [1.165, 1.54) is 16.2 Å². The summed E-state index contributed by atoms with van der Waals surface area (Å²) in [6, 6.07) is 3.74. The number of carbonyl (C=O) groups excluding carboxylic acids is 2. The number of nitrogens with zero attached hydrogens (tertiary/aromatic N) is 2. The van der Waals surface area contributed by atoms with Crippen LogP contribution in [0.4, 0.5) is 0 Å². The van der Waals surface area contributed by atoms with Crippen LogP contribution in [0, 0.1) is 11.8 Å². The third-order valence-electron chi connectivity index (χ3n) is 2.78. The quantitative estimate of drug-likeness (QED) is 0.768. The van der Waals surface area contributed by atoms with Gasteiger partial charge in [0.2, 0.25) is 11.8 Å². The van der Waals surface area contributed by atoms with E-state index in [-0.39, 0.29) is 31.5 Å². The van der Waals surface area contributed by atoms with Crippen molar-refractivity contribution in [3.8, 4) is 11.8 Å². The van der Waals surface area contributed by atoms with E-state index in [1.54, 1.807) is 11.9 Å². The predicted octanol–water partition coefficient (Wildman–Crippen LogP) is -0.108. The molecular weight excluding hydrogens is 264 g/mol. The van der Waals surface area contributed by atoms with Crippen LogP contribution in [0.25, 0.3) is 0 Å². The molecule has 0 saturated carbocycles. The van der Waals surface area contributed by atoms with Crippen molar-refractivity contribution < 1.29 is 14.7 Å². The van der Waals surface area contributed by atoms with Gasteiger partial charge < -0.3 is 14.9 Å². The average molecular weight is 278 g/mol. The normalized spacial score (nSPS) is 15.5. The fraction of sp³-hybridized carbons (Fsp3) is 0.385. The van der Waals surface area contributed by atoms with Gasteiger partial charge in [-0.1, -0.05) is 11.8 Å². The SMILES string of the molecule is CN1CC(=O)N(Cc2ccc(C#CCO)s2)CC1=O. The first-order valence-electron chi connectivity index (χ1n) is 5.80. The van der Waals surface area contributed by atoms with Crippen molar-refractivity contribution in [2.75, 3.05) is 26.7 Å². The molecule has 0 unspecified atom stereocenters. The Kier molecular flexibility index (Phi) is 4.20. The molecule has 1 fully saturated rings. The van der Waals surface area contributed by atoms with E-state index in [0.717, 1.165) is 9.75 Å². The third kappa shape index (κ3) is 3.34. The van der Waals surface area contributed by atoms with Gasteiger partial charge in [0.1, 0.15) is 13.2 Å². The number of thiophene rings is 1. The van der Waals surface area contributed by atoms with Gasteiger partial charge in [-0.3, -0.25) is 9.59 Å². The lowest BCUT2D eigenvalue weighted by Crippen LogP contribution is -2.51. The topological polar surface area (TPSA) is 60.9 Å². The highest BCUT2D eigenvalue weighted by Gasteiger charge is 2.27. The van der Waals surface area contributed by atoms with E-state index in [9.17, 15) is 9.59 Å². The molecule has 1 aliphatic rings. The second-order valence-corrected chi connectivity index (χ2v) is 5.39. The second-order valence-electron chi connectivity index (χ2n) is 4.23. The highest BCUT2D eigenvalue weighted by atomic mass is 32.1. The molecule has 2 heterocycles. The standard InChI is InChI=1S/C13H14N2O3S/c1-14-8-13(18)15(9-12(14)17)7-11-5-4-10(19-11)3-2-6-16/h4-5,16H,6-9H2,1H3. The maximum Gasteiger partial charge on any atom is 0.242 e. The molecule has 100 valence electrons. The van der Waals surface area contributed by atoms with Gasteiger partial charge in [-0.05, 0) is 12.1 Å². The van der Waals surface area contributed by atoms with Crippen molar-refractivity contribution in [3.05, 3.63) is 21.9 Å². The highest BCUT2D eigenvalue weighted by Crippen LogP contribution is 2.18. The molecule has 0 radical (unpaired) electrons. The average Bonchev–Trinajstić information content (AvgIpc) is 2.81. The molecule has 1 N–H and O–H groups in total. The Bertz CT molecular complexity index is 556. The summed E-state index contributed by atoms with van der Waals surface area (Å²) in [6.45, 7) is 0.537. The van der Waals surface area contributed by atoms with Crippen LogP contribution in [0.15, 0.2) is 12.1 Å². The number of likely N-dealkylation sites (N-methyl/N-ethyl adjacent to an activating group) is 1. The zero-order valence-electron chi connectivity index (χ0n) is 10.5. The van der Waals surface area contributed by atoms with E-state index in [1.807, 2.05) is 12.1 Å². The van der Waals surface area contributed by atoms with Crippen LogP contribution in [-0.2, 0) is 16.1 Å². The fourth-order valence-corrected chi connectivity index (χ4v) is 2.65. The van der Waals surface area contributed by atoms with Gasteiger partial charge in [-0.15, -0.1) is 11.3 Å². The summed E-state index contributed by atoms with van der Waals surface area (Å²) < 4.78 is 0. The summed E-state index contributed by atoms with van der Waals surface area (Å²) in [7, 11) is 1.63. The Morgan fingerprint density at radius 2 is 2.11 bits per heavy atom. The summed E-state index contributed by atoms with van der Waals surface area (Å²) in [5.41, 5.74) is 0. The second kappa shape index (κ2) is 5.87. The van der Waals surface area contributed by atoms with Crippen LogP contribution in [-0.4, -0.2) is 53.5 Å². The van der Waals surface area contributed by atoms with Gasteiger partial charge in [0.05, 0.1) is 18.0 Å². The molecule has 6 heteroatoms. The molecule has 0 aromatic carbocycles. The Hall–Kier alpha value is -1.84. The maximum atomic E-state index is 11.8. The molecular formula is C13H14N2O3S. The van der Waals surface area contributed by atoms with Gasteiger partial charge in [0, 0.05) is 11.9 Å². The number of hydrogen-bond donors (Lipinski definition) is 1. The number of amides is 2. The number of rotatable bonds is 2. The van der Waals surface area contributed by atoms with Crippen molar-refractivity contribution in [2.24, 2.45) is 0 Å². The molecule has 0 bridgehead atoms. The molecule has 1 saturated heterocycles. The van der Waals surface area contributed by atoms with Crippen LogP contribution < -0.4 is 0 Å². The Balaban J connectivity index is 2.02. The zero-order chi connectivity index (χ0) is 13.8. The monoisotopic (exact) mass is 278 g/mol. The van der Waals surface area contributed by atoms with Crippen molar-refractivity contribution in [2.45, 2.75) is 6.54 Å². The van der Waals surface area contributed by atoms with Crippen molar-refractivity contribution >= 4 is 23.2 Å². The Morgan fingerprint density at radius 3 is 2.84 bits per heavy atom. The number of carbonyl (C=O) groups is 2. The minimum atomic E-state index is -0.168. The van der Waals surface area contributed by atoms with E-state index >= 15 is 0 Å². The fourth-order valence-electron chi connectivity index (χ4n) is 1.75. The molecule has 5 nitrogen and oxygen atoms in total. The number of piperazine rings is 1. The van der Waals surface area contributed by atoms with E-state index in [2.05, 4.69) is 11.8 Å². The van der Waals surface area contributed by atoms with Crippen molar-refractivity contribution in [1.82, 2.24) is 9.80 Å². The first-order chi connectivity index (χ1) is 9.10. The van der Waals surface area contributed by atoms with Crippen LogP contribution in [0.2, 0.25) is 0 Å². The van der Waals surface area contributed by atoms with Gasteiger partial charge in [-0.25, -0.2) is 0 Å². The van der Waals surface area contributed by atoms with E-state index in [4.69, 9.17) is 5.11 Å². The largest absolute Gasteiger partial charge is 0.384 e. The first-order valence-corrected chi connectivity index (χ1v) is 6.62. The van der Waals surface area contributed by atoms with E-state index < -0.39 is 0 Å². The lowest BCUT2D eigenvalue weighted by molar-refractivity contribution is -0.149. The molecule has 2 amide bonds. The molecule has 19 heavy (non-hydrogen) atoms. The summed E-state index contributed by atoms with van der Waals surface area (Å²) in [5.74, 6) is 5.31. The highest BCUT2D eigenvalue weighted by molar-refractivity contribution is 7.12. The molecule has 1 aromatic rings.